The highest BCUT2D eigenvalue weighted by Crippen LogP contribution is 2.30. The van der Waals surface area contributed by atoms with Crippen LogP contribution in [0.3, 0.4) is 0 Å². The monoisotopic (exact) mass is 468 g/mol. The maximum absolute atomic E-state index is 10.5. The molecule has 0 amide bonds. The topological polar surface area (TPSA) is 65.2 Å². The van der Waals surface area contributed by atoms with Gasteiger partial charge in [0.2, 0.25) is 0 Å². The van der Waals surface area contributed by atoms with Crippen molar-refractivity contribution in [3.8, 4) is 33.8 Å². The Balaban J connectivity index is 1.36. The number of para-hydroxylation sites is 2. The second kappa shape index (κ2) is 10.5. The largest absolute Gasteiger partial charge is 0.507 e. The molecule has 0 saturated carbocycles. The third kappa shape index (κ3) is 5.24. The van der Waals surface area contributed by atoms with Crippen molar-refractivity contribution in [3.63, 3.8) is 0 Å². The Labute approximate surface area is 210 Å². The maximum Gasteiger partial charge on any atom is 0.124 e. The van der Waals surface area contributed by atoms with E-state index in [0.717, 1.165) is 22.3 Å². The number of benzene rings is 5. The summed E-state index contributed by atoms with van der Waals surface area (Å²) in [6.45, 7) is 0. The highest BCUT2D eigenvalue weighted by atomic mass is 16.3. The summed E-state index contributed by atoms with van der Waals surface area (Å²) in [6, 6.07) is 38.4. The molecule has 5 rings (SSSR count). The van der Waals surface area contributed by atoms with Gasteiger partial charge in [0.25, 0.3) is 0 Å². The van der Waals surface area contributed by atoms with Crippen LogP contribution in [0.25, 0.3) is 22.3 Å². The van der Waals surface area contributed by atoms with E-state index in [4.69, 9.17) is 0 Å². The first-order chi connectivity index (χ1) is 17.7. The molecule has 0 aliphatic rings. The minimum atomic E-state index is 0.157. The number of rotatable bonds is 6. The fraction of sp³-hybridized carbons (Fsp3) is 0. The van der Waals surface area contributed by atoms with Crippen LogP contribution in [0.4, 0.5) is 11.4 Å². The lowest BCUT2D eigenvalue weighted by Crippen LogP contribution is -1.85. The number of phenolic OH excluding ortho intramolecular Hbond substituents is 2. The Kier molecular flexibility index (Phi) is 6.68. The fourth-order valence-electron chi connectivity index (χ4n) is 3.89. The Hall–Kier alpha value is -4.96. The van der Waals surface area contributed by atoms with Gasteiger partial charge in [-0.05, 0) is 58.7 Å². The van der Waals surface area contributed by atoms with Gasteiger partial charge in [0, 0.05) is 23.6 Å². The molecule has 0 fully saturated rings. The number of aliphatic imine (C=N–C) groups is 2. The number of aromatic hydroxyl groups is 2. The molecule has 36 heavy (non-hydrogen) atoms. The zero-order valence-electron chi connectivity index (χ0n) is 19.5. The predicted molar refractivity (Wildman–Crippen MR) is 148 cm³/mol. The molecular weight excluding hydrogens is 444 g/mol. The number of hydrogen-bond acceptors (Lipinski definition) is 4. The molecule has 4 nitrogen and oxygen atoms in total. The molecule has 0 radical (unpaired) electrons. The van der Waals surface area contributed by atoms with E-state index in [1.54, 1.807) is 24.6 Å². The second-order valence-corrected chi connectivity index (χ2v) is 8.28. The highest BCUT2D eigenvalue weighted by molar-refractivity contribution is 5.90. The van der Waals surface area contributed by atoms with Gasteiger partial charge in [-0.3, -0.25) is 9.98 Å². The molecule has 4 heteroatoms. The molecule has 5 aromatic carbocycles. The zero-order valence-corrected chi connectivity index (χ0v) is 19.5. The van der Waals surface area contributed by atoms with E-state index >= 15 is 0 Å². The molecule has 0 spiro atoms. The average Bonchev–Trinajstić information content (AvgIpc) is 2.93. The van der Waals surface area contributed by atoms with Gasteiger partial charge < -0.3 is 10.2 Å². The number of hydrogen-bond donors (Lipinski definition) is 2. The van der Waals surface area contributed by atoms with Crippen LogP contribution in [0.5, 0.6) is 11.5 Å². The van der Waals surface area contributed by atoms with Crippen LogP contribution in [0, 0.1) is 0 Å². The maximum atomic E-state index is 10.5. The van der Waals surface area contributed by atoms with Crippen LogP contribution in [0.1, 0.15) is 11.1 Å². The molecule has 0 saturated heterocycles. The molecule has 0 atom stereocenters. The summed E-state index contributed by atoms with van der Waals surface area (Å²) >= 11 is 0. The van der Waals surface area contributed by atoms with E-state index in [0.29, 0.717) is 22.5 Å². The summed E-state index contributed by atoms with van der Waals surface area (Å²) in [5.74, 6) is 0.314. The van der Waals surface area contributed by atoms with Crippen molar-refractivity contribution in [2.24, 2.45) is 9.98 Å². The molecule has 0 bridgehead atoms. The standard InChI is InChI=1S/C32H24N2O2/c35-31-19-25(23-9-3-1-4-10-23)15-17-27(31)21-33-29-13-7-8-14-30(29)34-22-28-18-16-26(20-32(28)36)24-11-5-2-6-12-24/h1-22,35-36H/b33-21+,34-22+. The first kappa shape index (κ1) is 22.8. The van der Waals surface area contributed by atoms with Crippen molar-refractivity contribution in [2.45, 2.75) is 0 Å². The van der Waals surface area contributed by atoms with Gasteiger partial charge in [-0.15, -0.1) is 0 Å². The molecular formula is C32H24N2O2. The van der Waals surface area contributed by atoms with Gasteiger partial charge in [-0.1, -0.05) is 84.9 Å². The molecule has 0 unspecified atom stereocenters. The first-order valence-corrected chi connectivity index (χ1v) is 11.6. The van der Waals surface area contributed by atoms with E-state index in [2.05, 4.69) is 9.98 Å². The predicted octanol–water partition coefficient (Wildman–Crippen LogP) is 7.93. The van der Waals surface area contributed by atoms with Gasteiger partial charge >= 0.3 is 0 Å². The Morgan fingerprint density at radius 3 is 1.19 bits per heavy atom. The first-order valence-electron chi connectivity index (χ1n) is 11.6. The summed E-state index contributed by atoms with van der Waals surface area (Å²) in [5, 5.41) is 21.1. The van der Waals surface area contributed by atoms with Crippen LogP contribution in [0.15, 0.2) is 131 Å². The van der Waals surface area contributed by atoms with E-state index in [1.807, 2.05) is 109 Å². The van der Waals surface area contributed by atoms with E-state index in [-0.39, 0.29) is 11.5 Å². The van der Waals surface area contributed by atoms with E-state index in [1.165, 1.54) is 0 Å². The van der Waals surface area contributed by atoms with Crippen molar-refractivity contribution in [2.75, 3.05) is 0 Å². The highest BCUT2D eigenvalue weighted by Gasteiger charge is 2.05. The van der Waals surface area contributed by atoms with Gasteiger partial charge in [-0.25, -0.2) is 0 Å². The average molecular weight is 469 g/mol. The SMILES string of the molecule is Oc1cc(-c2ccccc2)ccc1/C=N/c1ccccc1/N=C/c1ccc(-c2ccccc2)cc1O. The van der Waals surface area contributed by atoms with E-state index < -0.39 is 0 Å². The molecule has 0 aromatic heterocycles. The zero-order chi connectivity index (χ0) is 24.7. The van der Waals surface area contributed by atoms with Crippen molar-refractivity contribution in [3.05, 3.63) is 132 Å². The van der Waals surface area contributed by atoms with Gasteiger partial charge in [0.15, 0.2) is 0 Å². The third-order valence-corrected chi connectivity index (χ3v) is 5.84. The fourth-order valence-corrected chi connectivity index (χ4v) is 3.89. The van der Waals surface area contributed by atoms with Crippen LogP contribution < -0.4 is 0 Å². The lowest BCUT2D eigenvalue weighted by molar-refractivity contribution is 0.474. The Morgan fingerprint density at radius 1 is 0.417 bits per heavy atom. The van der Waals surface area contributed by atoms with Crippen LogP contribution in [-0.4, -0.2) is 22.6 Å². The van der Waals surface area contributed by atoms with Gasteiger partial charge in [-0.2, -0.15) is 0 Å². The number of phenols is 2. The van der Waals surface area contributed by atoms with Gasteiger partial charge in [0.05, 0.1) is 11.4 Å². The third-order valence-electron chi connectivity index (χ3n) is 5.84. The number of nitrogens with zero attached hydrogens (tertiary/aromatic N) is 2. The van der Waals surface area contributed by atoms with Crippen molar-refractivity contribution in [1.29, 1.82) is 0 Å². The van der Waals surface area contributed by atoms with Gasteiger partial charge in [0.1, 0.15) is 11.5 Å². The van der Waals surface area contributed by atoms with Crippen molar-refractivity contribution < 1.29 is 10.2 Å². The summed E-state index contributed by atoms with van der Waals surface area (Å²) in [6.07, 6.45) is 3.26. The normalized spacial score (nSPS) is 11.3. The lowest BCUT2D eigenvalue weighted by atomic mass is 10.0. The van der Waals surface area contributed by atoms with Crippen LogP contribution in [-0.2, 0) is 0 Å². The minimum absolute atomic E-state index is 0.157. The molecule has 0 aliphatic heterocycles. The summed E-state index contributed by atoms with van der Waals surface area (Å²) in [4.78, 5) is 9.13. The summed E-state index contributed by atoms with van der Waals surface area (Å²) in [7, 11) is 0. The lowest BCUT2D eigenvalue weighted by Gasteiger charge is -2.06. The van der Waals surface area contributed by atoms with E-state index in [9.17, 15) is 10.2 Å². The Morgan fingerprint density at radius 2 is 0.806 bits per heavy atom. The summed E-state index contributed by atoms with van der Waals surface area (Å²) in [5.41, 5.74) is 6.49. The molecule has 5 aromatic rings. The van der Waals surface area contributed by atoms with Crippen LogP contribution >= 0.6 is 0 Å². The smallest absolute Gasteiger partial charge is 0.124 e. The van der Waals surface area contributed by atoms with Crippen molar-refractivity contribution >= 4 is 23.8 Å². The molecule has 0 heterocycles. The Bertz CT molecular complexity index is 1420. The minimum Gasteiger partial charge on any atom is -0.507 e. The summed E-state index contributed by atoms with van der Waals surface area (Å²) < 4.78 is 0. The quantitative estimate of drug-likeness (QED) is 0.249. The molecule has 2 N–H and O–H groups in total. The van der Waals surface area contributed by atoms with Crippen LogP contribution in [0.2, 0.25) is 0 Å². The molecule has 174 valence electrons. The second-order valence-electron chi connectivity index (χ2n) is 8.28. The van der Waals surface area contributed by atoms with Crippen molar-refractivity contribution in [1.82, 2.24) is 0 Å². The molecule has 0 aliphatic carbocycles.